The van der Waals surface area contributed by atoms with E-state index in [4.69, 9.17) is 10.00 Å². The molecule has 0 aliphatic carbocycles. The van der Waals surface area contributed by atoms with Crippen molar-refractivity contribution >= 4 is 17.9 Å². The van der Waals surface area contributed by atoms with Crippen LogP contribution in [0.4, 0.5) is 4.79 Å². The van der Waals surface area contributed by atoms with Crippen molar-refractivity contribution in [2.24, 2.45) is 0 Å². The molecule has 0 spiro atoms. The predicted molar refractivity (Wildman–Crippen MR) is 114 cm³/mol. The number of carbonyl (C=O) groups excluding carboxylic acids is 3. The summed E-state index contributed by atoms with van der Waals surface area (Å²) in [6.07, 6.45) is 0.954. The van der Waals surface area contributed by atoms with E-state index in [9.17, 15) is 19.6 Å². The van der Waals surface area contributed by atoms with Gasteiger partial charge >= 0.3 is 6.09 Å². The van der Waals surface area contributed by atoms with Crippen molar-refractivity contribution in [1.82, 2.24) is 15.1 Å². The number of amides is 3. The quantitative estimate of drug-likeness (QED) is 0.772. The topological polar surface area (TPSA) is 127 Å². The second-order valence-corrected chi connectivity index (χ2v) is 9.06. The van der Waals surface area contributed by atoms with E-state index in [0.717, 1.165) is 6.42 Å². The standard InChI is InChI=1S/C23H27N5O4/c1-23(2,3)32-22(31)28-14-17(26-20(29)16-8-6-15(12-24)7-9-16)11-19(28)21(30)27-10-4-5-18(27)13-25/h6-9,17-19H,4-5,10-11,14H2,1-3H3,(H,26,29)/t17-,18?,19-/m0/s1. The van der Waals surface area contributed by atoms with Gasteiger partial charge in [-0.2, -0.15) is 10.5 Å². The molecule has 2 aliphatic rings. The molecular weight excluding hydrogens is 410 g/mol. The lowest BCUT2D eigenvalue weighted by Crippen LogP contribution is -2.50. The molecule has 0 saturated carbocycles. The fraction of sp³-hybridized carbons (Fsp3) is 0.522. The van der Waals surface area contributed by atoms with E-state index in [1.54, 1.807) is 45.0 Å². The molecule has 9 heteroatoms. The highest BCUT2D eigenvalue weighted by atomic mass is 16.6. The van der Waals surface area contributed by atoms with Gasteiger partial charge in [-0.15, -0.1) is 0 Å². The smallest absolute Gasteiger partial charge is 0.411 e. The van der Waals surface area contributed by atoms with Crippen LogP contribution in [-0.4, -0.2) is 64.5 Å². The predicted octanol–water partition coefficient (Wildman–Crippen LogP) is 2.18. The zero-order valence-corrected chi connectivity index (χ0v) is 18.5. The third-order valence-electron chi connectivity index (χ3n) is 5.51. The summed E-state index contributed by atoms with van der Waals surface area (Å²) in [7, 11) is 0. The monoisotopic (exact) mass is 437 g/mol. The van der Waals surface area contributed by atoms with Crippen LogP contribution in [0.5, 0.6) is 0 Å². The minimum absolute atomic E-state index is 0.123. The maximum atomic E-state index is 13.3. The highest BCUT2D eigenvalue weighted by Gasteiger charge is 2.45. The molecule has 1 aromatic carbocycles. The molecular formula is C23H27N5O4. The van der Waals surface area contributed by atoms with Gasteiger partial charge in [-0.05, 0) is 64.3 Å². The van der Waals surface area contributed by atoms with Crippen LogP contribution in [0.3, 0.4) is 0 Å². The number of ether oxygens (including phenoxy) is 1. The van der Waals surface area contributed by atoms with Gasteiger partial charge in [0.1, 0.15) is 17.7 Å². The number of rotatable bonds is 3. The van der Waals surface area contributed by atoms with Crippen LogP contribution < -0.4 is 5.32 Å². The van der Waals surface area contributed by atoms with Crippen molar-refractivity contribution in [3.05, 3.63) is 35.4 Å². The largest absolute Gasteiger partial charge is 0.444 e. The van der Waals surface area contributed by atoms with E-state index < -0.39 is 29.8 Å². The molecule has 168 valence electrons. The molecule has 2 fully saturated rings. The molecule has 9 nitrogen and oxygen atoms in total. The van der Waals surface area contributed by atoms with Gasteiger partial charge < -0.3 is 15.0 Å². The van der Waals surface area contributed by atoms with Gasteiger partial charge in [0.25, 0.3) is 5.91 Å². The minimum atomic E-state index is -0.815. The molecule has 32 heavy (non-hydrogen) atoms. The third-order valence-corrected chi connectivity index (χ3v) is 5.51. The van der Waals surface area contributed by atoms with E-state index in [2.05, 4.69) is 11.4 Å². The Morgan fingerprint density at radius 3 is 2.41 bits per heavy atom. The van der Waals surface area contributed by atoms with Crippen molar-refractivity contribution in [1.29, 1.82) is 10.5 Å². The summed E-state index contributed by atoms with van der Waals surface area (Å²) in [4.78, 5) is 41.6. The Balaban J connectivity index is 1.77. The maximum absolute atomic E-state index is 13.3. The van der Waals surface area contributed by atoms with Gasteiger partial charge in [-0.25, -0.2) is 4.79 Å². The second-order valence-electron chi connectivity index (χ2n) is 9.06. The first-order valence-electron chi connectivity index (χ1n) is 10.6. The Hall–Kier alpha value is -3.59. The highest BCUT2D eigenvalue weighted by molar-refractivity contribution is 5.95. The molecule has 3 atom stereocenters. The lowest BCUT2D eigenvalue weighted by atomic mass is 10.1. The van der Waals surface area contributed by atoms with E-state index in [1.165, 1.54) is 9.80 Å². The lowest BCUT2D eigenvalue weighted by molar-refractivity contribution is -0.135. The van der Waals surface area contributed by atoms with Gasteiger partial charge in [0.05, 0.1) is 17.7 Å². The first-order chi connectivity index (χ1) is 15.1. The van der Waals surface area contributed by atoms with Crippen molar-refractivity contribution in [3.8, 4) is 12.1 Å². The number of carbonyl (C=O) groups is 3. The van der Waals surface area contributed by atoms with E-state index in [0.29, 0.717) is 24.1 Å². The number of hydrogen-bond donors (Lipinski definition) is 1. The summed E-state index contributed by atoms with van der Waals surface area (Å²) >= 11 is 0. The highest BCUT2D eigenvalue weighted by Crippen LogP contribution is 2.27. The Morgan fingerprint density at radius 2 is 1.81 bits per heavy atom. The molecule has 2 heterocycles. The summed E-state index contributed by atoms with van der Waals surface area (Å²) in [6, 6.07) is 8.60. The Labute approximate surface area is 187 Å². The van der Waals surface area contributed by atoms with Crippen LogP contribution >= 0.6 is 0 Å². The summed E-state index contributed by atoms with van der Waals surface area (Å²) in [6.45, 7) is 5.83. The van der Waals surface area contributed by atoms with Crippen LogP contribution in [-0.2, 0) is 9.53 Å². The van der Waals surface area contributed by atoms with Crippen LogP contribution in [0.25, 0.3) is 0 Å². The van der Waals surface area contributed by atoms with E-state index >= 15 is 0 Å². The molecule has 0 radical (unpaired) electrons. The number of nitrogens with zero attached hydrogens (tertiary/aromatic N) is 4. The van der Waals surface area contributed by atoms with Gasteiger partial charge in [0, 0.05) is 24.7 Å². The van der Waals surface area contributed by atoms with Crippen LogP contribution in [0.15, 0.2) is 24.3 Å². The van der Waals surface area contributed by atoms with Crippen molar-refractivity contribution in [3.63, 3.8) is 0 Å². The summed E-state index contributed by atoms with van der Waals surface area (Å²) < 4.78 is 5.49. The Morgan fingerprint density at radius 1 is 1.12 bits per heavy atom. The molecule has 1 unspecified atom stereocenters. The average molecular weight is 438 g/mol. The number of nitriles is 2. The molecule has 1 N–H and O–H groups in total. The van der Waals surface area contributed by atoms with Crippen molar-refractivity contribution < 1.29 is 19.1 Å². The fourth-order valence-electron chi connectivity index (χ4n) is 4.02. The number of nitrogens with one attached hydrogen (secondary N) is 1. The van der Waals surface area contributed by atoms with Crippen molar-refractivity contribution in [2.75, 3.05) is 13.1 Å². The van der Waals surface area contributed by atoms with Crippen molar-refractivity contribution in [2.45, 2.75) is 63.8 Å². The molecule has 0 aromatic heterocycles. The Bertz CT molecular complexity index is 970. The summed E-state index contributed by atoms with van der Waals surface area (Å²) in [5.74, 6) is -0.650. The lowest BCUT2D eigenvalue weighted by Gasteiger charge is -2.30. The SMILES string of the molecule is CC(C)(C)OC(=O)N1C[C@@H](NC(=O)c2ccc(C#N)cc2)C[C@H]1C(=O)N1CCCC1C#N. The summed E-state index contributed by atoms with van der Waals surface area (Å²) in [5, 5.41) is 21.1. The number of likely N-dealkylation sites (tertiary alicyclic amines) is 2. The second kappa shape index (κ2) is 9.27. The number of benzene rings is 1. The fourth-order valence-corrected chi connectivity index (χ4v) is 4.02. The van der Waals surface area contributed by atoms with Crippen LogP contribution in [0, 0.1) is 22.7 Å². The van der Waals surface area contributed by atoms with E-state index in [-0.39, 0.29) is 24.8 Å². The number of hydrogen-bond acceptors (Lipinski definition) is 6. The molecule has 2 aliphatic heterocycles. The molecule has 3 amide bonds. The van der Waals surface area contributed by atoms with Gasteiger partial charge in [0.15, 0.2) is 0 Å². The van der Waals surface area contributed by atoms with Gasteiger partial charge in [-0.1, -0.05) is 0 Å². The first-order valence-corrected chi connectivity index (χ1v) is 10.6. The minimum Gasteiger partial charge on any atom is -0.444 e. The zero-order chi connectivity index (χ0) is 23.5. The normalized spacial score (nSPS) is 22.7. The van der Waals surface area contributed by atoms with Gasteiger partial charge in [0.2, 0.25) is 5.91 Å². The van der Waals surface area contributed by atoms with Crippen LogP contribution in [0.1, 0.15) is 56.0 Å². The molecule has 1 aromatic rings. The average Bonchev–Trinajstić information content (AvgIpc) is 3.39. The van der Waals surface area contributed by atoms with Crippen LogP contribution in [0.2, 0.25) is 0 Å². The first kappa shape index (κ1) is 23.1. The Kier molecular flexibility index (Phi) is 6.69. The van der Waals surface area contributed by atoms with E-state index in [1.807, 2.05) is 6.07 Å². The zero-order valence-electron chi connectivity index (χ0n) is 18.5. The molecule has 0 bridgehead atoms. The van der Waals surface area contributed by atoms with Gasteiger partial charge in [-0.3, -0.25) is 14.5 Å². The molecule has 3 rings (SSSR count). The maximum Gasteiger partial charge on any atom is 0.411 e. The summed E-state index contributed by atoms with van der Waals surface area (Å²) in [5.41, 5.74) is 0.0886. The molecule has 2 saturated heterocycles. The third kappa shape index (κ3) is 5.17.